The van der Waals surface area contributed by atoms with Gasteiger partial charge >= 0.3 is 0 Å². The second kappa shape index (κ2) is 7.73. The average molecular weight is 417 g/mol. The van der Waals surface area contributed by atoms with Crippen LogP contribution >= 0.6 is 11.6 Å². The highest BCUT2D eigenvalue weighted by Crippen LogP contribution is 2.44. The summed E-state index contributed by atoms with van der Waals surface area (Å²) in [6.07, 6.45) is 1.82. The Bertz CT molecular complexity index is 1140. The molecule has 0 N–H and O–H groups in total. The Hall–Kier alpha value is -2.91. The first-order valence-electron chi connectivity index (χ1n) is 10.1. The van der Waals surface area contributed by atoms with E-state index in [2.05, 4.69) is 55.9 Å². The van der Waals surface area contributed by atoms with E-state index < -0.39 is 0 Å². The van der Waals surface area contributed by atoms with Crippen LogP contribution in [0, 0.1) is 0 Å². The van der Waals surface area contributed by atoms with E-state index >= 15 is 0 Å². The van der Waals surface area contributed by atoms with Gasteiger partial charge in [-0.3, -0.25) is 9.79 Å². The van der Waals surface area contributed by atoms with E-state index in [1.807, 2.05) is 24.4 Å². The Kier molecular flexibility index (Phi) is 5.25. The van der Waals surface area contributed by atoms with Gasteiger partial charge in [0, 0.05) is 46.6 Å². The molecule has 0 radical (unpaired) electrons. The maximum Gasteiger partial charge on any atom is 0.195 e. The third kappa shape index (κ3) is 3.54. The van der Waals surface area contributed by atoms with E-state index in [9.17, 15) is 4.79 Å². The largest absolute Gasteiger partial charge is 0.371 e. The zero-order chi connectivity index (χ0) is 21.5. The molecule has 0 aromatic heterocycles. The first kappa shape index (κ1) is 20.4. The summed E-state index contributed by atoms with van der Waals surface area (Å²) in [4.78, 5) is 20.0. The number of halogens is 1. The van der Waals surface area contributed by atoms with Gasteiger partial charge in [-0.1, -0.05) is 61.8 Å². The summed E-state index contributed by atoms with van der Waals surface area (Å²) in [7, 11) is 2.14. The first-order valence-corrected chi connectivity index (χ1v) is 10.5. The van der Waals surface area contributed by atoms with Crippen molar-refractivity contribution in [1.82, 2.24) is 0 Å². The van der Waals surface area contributed by atoms with Crippen LogP contribution in [-0.4, -0.2) is 25.1 Å². The summed E-state index contributed by atoms with van der Waals surface area (Å²) in [6, 6.07) is 21.3. The zero-order valence-electron chi connectivity index (χ0n) is 17.7. The molecule has 0 aliphatic carbocycles. The van der Waals surface area contributed by atoms with Crippen molar-refractivity contribution in [2.45, 2.75) is 32.2 Å². The number of anilines is 1. The fourth-order valence-corrected chi connectivity index (χ4v) is 4.24. The SMILES string of the molecule is CC1N(C)c2ccc(C=Nc3ccc(Cl)cc3C(=O)c3ccccc3)cc2C1(C)C. The van der Waals surface area contributed by atoms with Crippen molar-refractivity contribution in [2.75, 3.05) is 11.9 Å². The summed E-state index contributed by atoms with van der Waals surface area (Å²) in [5, 5.41) is 0.518. The topological polar surface area (TPSA) is 32.7 Å². The van der Waals surface area contributed by atoms with Crippen LogP contribution in [0.5, 0.6) is 0 Å². The van der Waals surface area contributed by atoms with Crippen molar-refractivity contribution in [1.29, 1.82) is 0 Å². The van der Waals surface area contributed by atoms with Gasteiger partial charge in [-0.15, -0.1) is 0 Å². The lowest BCUT2D eigenvalue weighted by Crippen LogP contribution is -2.36. The predicted molar refractivity (Wildman–Crippen MR) is 126 cm³/mol. The molecule has 1 aliphatic rings. The molecule has 152 valence electrons. The number of carbonyl (C=O) groups excluding carboxylic acids is 1. The van der Waals surface area contributed by atoms with E-state index in [-0.39, 0.29) is 11.2 Å². The van der Waals surface area contributed by atoms with Gasteiger partial charge in [0.1, 0.15) is 0 Å². The number of ketones is 1. The molecule has 1 atom stereocenters. The molecule has 30 heavy (non-hydrogen) atoms. The standard InChI is InChI=1S/C26H25ClN2O/c1-17-26(2,3)22-14-18(10-13-24(22)29(17)4)16-28-23-12-11-20(27)15-21(23)25(30)19-8-6-5-7-9-19/h5-17H,1-4H3. The van der Waals surface area contributed by atoms with Gasteiger partial charge in [0.05, 0.1) is 5.69 Å². The van der Waals surface area contributed by atoms with Crippen LogP contribution in [0.1, 0.15) is 47.8 Å². The first-order chi connectivity index (χ1) is 14.3. The lowest BCUT2D eigenvalue weighted by molar-refractivity contribution is 0.103. The van der Waals surface area contributed by atoms with Crippen molar-refractivity contribution in [3.8, 4) is 0 Å². The second-order valence-electron chi connectivity index (χ2n) is 8.40. The van der Waals surface area contributed by atoms with Crippen molar-refractivity contribution >= 4 is 35.0 Å². The number of aliphatic imine (C=N–C) groups is 1. The lowest BCUT2D eigenvalue weighted by atomic mass is 9.81. The number of nitrogens with zero attached hydrogens (tertiary/aromatic N) is 2. The lowest BCUT2D eigenvalue weighted by Gasteiger charge is -2.28. The summed E-state index contributed by atoms with van der Waals surface area (Å²) in [5.41, 5.74) is 5.38. The van der Waals surface area contributed by atoms with Crippen LogP contribution in [0.4, 0.5) is 11.4 Å². The Labute approximate surface area is 183 Å². The van der Waals surface area contributed by atoms with E-state index in [1.54, 1.807) is 30.3 Å². The van der Waals surface area contributed by atoms with Gasteiger partial charge in [0.25, 0.3) is 0 Å². The van der Waals surface area contributed by atoms with Crippen LogP contribution in [0.2, 0.25) is 5.02 Å². The molecule has 4 rings (SSSR count). The predicted octanol–water partition coefficient (Wildman–Crippen LogP) is 6.44. The average Bonchev–Trinajstić information content (AvgIpc) is 2.93. The van der Waals surface area contributed by atoms with Gasteiger partial charge < -0.3 is 4.90 Å². The zero-order valence-corrected chi connectivity index (χ0v) is 18.4. The molecule has 0 amide bonds. The molecule has 0 spiro atoms. The van der Waals surface area contributed by atoms with Crippen LogP contribution in [0.15, 0.2) is 71.7 Å². The molecular weight excluding hydrogens is 392 g/mol. The van der Waals surface area contributed by atoms with Crippen molar-refractivity contribution < 1.29 is 4.79 Å². The highest BCUT2D eigenvalue weighted by molar-refractivity contribution is 6.31. The smallest absolute Gasteiger partial charge is 0.195 e. The third-order valence-corrected chi connectivity index (χ3v) is 6.55. The molecular formula is C26H25ClN2O. The maximum absolute atomic E-state index is 13.0. The van der Waals surface area contributed by atoms with Crippen molar-refractivity contribution in [2.24, 2.45) is 4.99 Å². The second-order valence-corrected chi connectivity index (χ2v) is 8.84. The van der Waals surface area contributed by atoms with Gasteiger partial charge in [-0.25, -0.2) is 0 Å². The molecule has 0 fully saturated rings. The third-order valence-electron chi connectivity index (χ3n) is 6.31. The highest BCUT2D eigenvalue weighted by atomic mass is 35.5. The Morgan fingerprint density at radius 3 is 2.53 bits per heavy atom. The minimum atomic E-state index is -0.0872. The van der Waals surface area contributed by atoms with Gasteiger partial charge in [0.15, 0.2) is 5.78 Å². The molecule has 3 aromatic rings. The number of fused-ring (bicyclic) bond motifs is 1. The molecule has 1 aliphatic heterocycles. The molecule has 0 bridgehead atoms. The van der Waals surface area contributed by atoms with E-state index in [0.29, 0.717) is 27.9 Å². The number of benzene rings is 3. The van der Waals surface area contributed by atoms with Gasteiger partial charge in [0.2, 0.25) is 0 Å². The Morgan fingerprint density at radius 2 is 1.80 bits per heavy atom. The summed E-state index contributed by atoms with van der Waals surface area (Å²) in [6.45, 7) is 6.80. The fourth-order valence-electron chi connectivity index (χ4n) is 4.07. The molecule has 3 aromatic carbocycles. The Morgan fingerprint density at radius 1 is 1.07 bits per heavy atom. The normalized spacial score (nSPS) is 17.4. The number of carbonyl (C=O) groups is 1. The molecule has 3 nitrogen and oxygen atoms in total. The minimum absolute atomic E-state index is 0.0582. The van der Waals surface area contributed by atoms with E-state index in [0.717, 1.165) is 5.56 Å². The van der Waals surface area contributed by atoms with E-state index in [4.69, 9.17) is 11.6 Å². The number of likely N-dealkylation sites (N-methyl/N-ethyl adjacent to an activating group) is 1. The minimum Gasteiger partial charge on any atom is -0.371 e. The van der Waals surface area contributed by atoms with Crippen LogP contribution in [0.25, 0.3) is 0 Å². The molecule has 0 saturated carbocycles. The summed E-state index contributed by atoms with van der Waals surface area (Å²) >= 11 is 6.18. The number of hydrogen-bond donors (Lipinski definition) is 0. The fraction of sp³-hybridized carbons (Fsp3) is 0.231. The highest BCUT2D eigenvalue weighted by Gasteiger charge is 2.40. The monoisotopic (exact) mass is 416 g/mol. The summed E-state index contributed by atoms with van der Waals surface area (Å²) in [5.74, 6) is -0.0872. The molecule has 1 heterocycles. The quantitative estimate of drug-likeness (QED) is 0.362. The van der Waals surface area contributed by atoms with Crippen molar-refractivity contribution in [3.05, 3.63) is 94.0 Å². The molecule has 0 saturated heterocycles. The van der Waals surface area contributed by atoms with E-state index in [1.165, 1.54) is 11.3 Å². The van der Waals surface area contributed by atoms with Crippen LogP contribution < -0.4 is 4.90 Å². The maximum atomic E-state index is 13.0. The Balaban J connectivity index is 1.70. The number of rotatable bonds is 4. The van der Waals surface area contributed by atoms with Gasteiger partial charge in [-0.05, 0) is 48.4 Å². The number of hydrogen-bond acceptors (Lipinski definition) is 3. The molecule has 4 heteroatoms. The molecule has 1 unspecified atom stereocenters. The summed E-state index contributed by atoms with van der Waals surface area (Å²) < 4.78 is 0. The van der Waals surface area contributed by atoms with Crippen LogP contribution in [-0.2, 0) is 5.41 Å². The van der Waals surface area contributed by atoms with Gasteiger partial charge in [-0.2, -0.15) is 0 Å². The van der Waals surface area contributed by atoms with Crippen LogP contribution in [0.3, 0.4) is 0 Å². The van der Waals surface area contributed by atoms with Crippen molar-refractivity contribution in [3.63, 3.8) is 0 Å².